The van der Waals surface area contributed by atoms with Crippen molar-refractivity contribution in [1.82, 2.24) is 0 Å². The molecule has 1 aliphatic rings. The summed E-state index contributed by atoms with van der Waals surface area (Å²) in [6.07, 6.45) is 0.0340. The highest BCUT2D eigenvalue weighted by Gasteiger charge is 2.35. The minimum atomic E-state index is -0.602. The van der Waals surface area contributed by atoms with Crippen LogP contribution in [0.3, 0.4) is 0 Å². The van der Waals surface area contributed by atoms with Crippen molar-refractivity contribution in [2.45, 2.75) is 12.3 Å². The lowest BCUT2D eigenvalue weighted by Crippen LogP contribution is -2.06. The fraction of sp³-hybridized carbons (Fsp3) is 0.182. The van der Waals surface area contributed by atoms with E-state index in [-0.39, 0.29) is 6.42 Å². The van der Waals surface area contributed by atoms with Crippen molar-refractivity contribution in [2.24, 2.45) is 0 Å². The molecule has 1 atom stereocenters. The Hall–Kier alpha value is -1.67. The molecule has 1 fully saturated rings. The van der Waals surface area contributed by atoms with E-state index in [1.807, 2.05) is 6.07 Å². The second-order valence-electron chi connectivity index (χ2n) is 3.40. The molecule has 1 saturated heterocycles. The Morgan fingerprint density at radius 1 is 1.44 bits per heavy atom. The minimum Gasteiger partial charge on any atom is -0.393 e. The molecule has 0 amide bonds. The zero-order chi connectivity index (χ0) is 11.7. The van der Waals surface area contributed by atoms with E-state index >= 15 is 0 Å². The van der Waals surface area contributed by atoms with Gasteiger partial charge in [-0.25, -0.2) is 0 Å². The highest BCUT2D eigenvalue weighted by atomic mass is 79.9. The number of benzene rings is 1. The molecular formula is C11H6BrNO3. The molecule has 0 radical (unpaired) electrons. The molecule has 0 N–H and O–H groups in total. The number of halogens is 1. The van der Waals surface area contributed by atoms with Crippen molar-refractivity contribution < 1.29 is 14.3 Å². The number of carbonyl (C=O) groups is 2. The number of cyclic esters (lactones) is 2. The number of nitriles is 1. The van der Waals surface area contributed by atoms with Crippen LogP contribution in [0, 0.1) is 11.3 Å². The Balaban J connectivity index is 2.44. The highest BCUT2D eigenvalue weighted by molar-refractivity contribution is 9.10. The summed E-state index contributed by atoms with van der Waals surface area (Å²) in [5.74, 6) is -1.68. The first kappa shape index (κ1) is 10.8. The van der Waals surface area contributed by atoms with Gasteiger partial charge in [-0.1, -0.05) is 15.9 Å². The van der Waals surface area contributed by atoms with E-state index < -0.39 is 17.9 Å². The van der Waals surface area contributed by atoms with Gasteiger partial charge in [0.1, 0.15) is 0 Å². The van der Waals surface area contributed by atoms with Crippen LogP contribution in [0.2, 0.25) is 0 Å². The number of esters is 2. The fourth-order valence-electron chi connectivity index (χ4n) is 1.59. The largest absolute Gasteiger partial charge is 0.393 e. The third-order valence-electron chi connectivity index (χ3n) is 2.37. The predicted octanol–water partition coefficient (Wildman–Crippen LogP) is 1.88. The van der Waals surface area contributed by atoms with Crippen molar-refractivity contribution >= 4 is 27.9 Å². The number of hydrogen-bond acceptors (Lipinski definition) is 4. The Morgan fingerprint density at radius 2 is 2.19 bits per heavy atom. The Kier molecular flexibility index (Phi) is 2.75. The van der Waals surface area contributed by atoms with E-state index in [4.69, 9.17) is 5.26 Å². The van der Waals surface area contributed by atoms with Crippen LogP contribution in [0.1, 0.15) is 23.5 Å². The second-order valence-corrected chi connectivity index (χ2v) is 4.25. The van der Waals surface area contributed by atoms with Gasteiger partial charge < -0.3 is 4.74 Å². The van der Waals surface area contributed by atoms with Gasteiger partial charge in [-0.05, 0) is 23.8 Å². The molecular weight excluding hydrogens is 274 g/mol. The summed E-state index contributed by atoms with van der Waals surface area (Å²) in [4.78, 5) is 22.4. The Bertz CT molecular complexity index is 518. The van der Waals surface area contributed by atoms with Gasteiger partial charge in [0.2, 0.25) is 0 Å². The number of ether oxygens (including phenoxy) is 1. The van der Waals surface area contributed by atoms with Crippen LogP contribution in [0.25, 0.3) is 0 Å². The number of rotatable bonds is 1. The summed E-state index contributed by atoms with van der Waals surface area (Å²) in [6.45, 7) is 0. The summed E-state index contributed by atoms with van der Waals surface area (Å²) in [6, 6.07) is 6.90. The van der Waals surface area contributed by atoms with Crippen LogP contribution in [-0.4, -0.2) is 11.9 Å². The first-order valence-electron chi connectivity index (χ1n) is 4.56. The van der Waals surface area contributed by atoms with Gasteiger partial charge in [0.15, 0.2) is 0 Å². The summed E-state index contributed by atoms with van der Waals surface area (Å²) < 4.78 is 5.17. The van der Waals surface area contributed by atoms with E-state index in [9.17, 15) is 9.59 Å². The third kappa shape index (κ3) is 1.84. The van der Waals surface area contributed by atoms with E-state index in [0.717, 1.165) is 0 Å². The molecule has 5 heteroatoms. The van der Waals surface area contributed by atoms with Crippen molar-refractivity contribution in [3.63, 3.8) is 0 Å². The zero-order valence-corrected chi connectivity index (χ0v) is 9.65. The van der Waals surface area contributed by atoms with Crippen LogP contribution in [-0.2, 0) is 14.3 Å². The molecule has 0 aliphatic carbocycles. The number of hydrogen-bond donors (Lipinski definition) is 0. The quantitative estimate of drug-likeness (QED) is 0.582. The zero-order valence-electron chi connectivity index (χ0n) is 8.07. The van der Waals surface area contributed by atoms with Crippen LogP contribution in [0.5, 0.6) is 0 Å². The molecule has 0 spiro atoms. The van der Waals surface area contributed by atoms with Crippen LogP contribution in [0.15, 0.2) is 22.7 Å². The monoisotopic (exact) mass is 279 g/mol. The first-order chi connectivity index (χ1) is 7.61. The Labute approximate surface area is 99.9 Å². The van der Waals surface area contributed by atoms with Gasteiger partial charge in [-0.15, -0.1) is 0 Å². The van der Waals surface area contributed by atoms with Gasteiger partial charge >= 0.3 is 11.9 Å². The first-order valence-corrected chi connectivity index (χ1v) is 5.35. The van der Waals surface area contributed by atoms with Gasteiger partial charge in [0, 0.05) is 4.47 Å². The lowest BCUT2D eigenvalue weighted by molar-refractivity contribution is -0.152. The fourth-order valence-corrected chi connectivity index (χ4v) is 2.12. The van der Waals surface area contributed by atoms with Crippen molar-refractivity contribution in [3.05, 3.63) is 33.8 Å². The van der Waals surface area contributed by atoms with Crippen LogP contribution < -0.4 is 0 Å². The normalized spacial score (nSPS) is 19.4. The molecule has 1 aromatic carbocycles. The summed E-state index contributed by atoms with van der Waals surface area (Å²) in [5, 5.41) is 8.77. The molecule has 2 rings (SSSR count). The molecule has 0 bridgehead atoms. The van der Waals surface area contributed by atoms with Crippen molar-refractivity contribution in [1.29, 1.82) is 5.26 Å². The standard InChI is InChI=1S/C11H6BrNO3/c12-9-2-1-6(5-13)3-7(9)8-4-10(14)16-11(8)15/h1-3,8H,4H2. The average Bonchev–Trinajstić information content (AvgIpc) is 2.58. The van der Waals surface area contributed by atoms with Gasteiger partial charge in [0.05, 0.1) is 24.0 Å². The van der Waals surface area contributed by atoms with Crippen LogP contribution >= 0.6 is 15.9 Å². The van der Waals surface area contributed by atoms with Crippen molar-refractivity contribution in [3.8, 4) is 6.07 Å². The summed E-state index contributed by atoms with van der Waals surface area (Å²) >= 11 is 3.29. The number of nitrogens with zero attached hydrogens (tertiary/aromatic N) is 1. The second kappa shape index (κ2) is 4.06. The highest BCUT2D eigenvalue weighted by Crippen LogP contribution is 2.33. The maximum atomic E-state index is 11.4. The van der Waals surface area contributed by atoms with E-state index in [2.05, 4.69) is 20.7 Å². The predicted molar refractivity (Wildman–Crippen MR) is 57.3 cm³/mol. The third-order valence-corrected chi connectivity index (χ3v) is 3.09. The van der Waals surface area contributed by atoms with E-state index in [0.29, 0.717) is 15.6 Å². The van der Waals surface area contributed by atoms with E-state index in [1.165, 1.54) is 0 Å². The van der Waals surface area contributed by atoms with Gasteiger partial charge in [-0.3, -0.25) is 9.59 Å². The lowest BCUT2D eigenvalue weighted by atomic mass is 9.96. The summed E-state index contributed by atoms with van der Waals surface area (Å²) in [5.41, 5.74) is 1.07. The van der Waals surface area contributed by atoms with Gasteiger partial charge in [0.25, 0.3) is 0 Å². The molecule has 0 saturated carbocycles. The molecule has 1 aromatic rings. The summed E-state index contributed by atoms with van der Waals surface area (Å²) in [7, 11) is 0. The molecule has 80 valence electrons. The molecule has 0 aromatic heterocycles. The molecule has 4 nitrogen and oxygen atoms in total. The topological polar surface area (TPSA) is 67.2 Å². The SMILES string of the molecule is N#Cc1ccc(Br)c(C2CC(=O)OC2=O)c1. The maximum Gasteiger partial charge on any atom is 0.321 e. The number of carbonyl (C=O) groups excluding carboxylic acids is 2. The average molecular weight is 280 g/mol. The molecule has 1 aliphatic heterocycles. The smallest absolute Gasteiger partial charge is 0.321 e. The van der Waals surface area contributed by atoms with E-state index in [1.54, 1.807) is 18.2 Å². The molecule has 1 heterocycles. The molecule has 1 unspecified atom stereocenters. The van der Waals surface area contributed by atoms with Crippen LogP contribution in [0.4, 0.5) is 0 Å². The van der Waals surface area contributed by atoms with Crippen molar-refractivity contribution in [2.75, 3.05) is 0 Å². The Morgan fingerprint density at radius 3 is 2.75 bits per heavy atom. The lowest BCUT2D eigenvalue weighted by Gasteiger charge is -2.07. The molecule has 16 heavy (non-hydrogen) atoms. The van der Waals surface area contributed by atoms with Gasteiger partial charge in [-0.2, -0.15) is 5.26 Å². The maximum absolute atomic E-state index is 11.4. The minimum absolute atomic E-state index is 0.0340.